The van der Waals surface area contributed by atoms with E-state index in [2.05, 4.69) is 41.7 Å². The highest BCUT2D eigenvalue weighted by Crippen LogP contribution is 2.39. The Hall–Kier alpha value is -2.70. The largest absolute Gasteiger partial charge is 0.355 e. The second-order valence-electron chi connectivity index (χ2n) is 8.70. The Morgan fingerprint density at radius 1 is 0.882 bits per heavy atom. The Bertz CT molecular complexity index is 1260. The first-order chi connectivity index (χ1) is 16.8. The summed E-state index contributed by atoms with van der Waals surface area (Å²) < 4.78 is 0. The molecular weight excluding hydrogens is 458 g/mol. The van der Waals surface area contributed by atoms with Crippen molar-refractivity contribution < 1.29 is 4.79 Å². The maximum atomic E-state index is 12.6. The van der Waals surface area contributed by atoms with Crippen LogP contribution in [0.1, 0.15) is 40.2 Å². The average Bonchev–Trinajstić information content (AvgIpc) is 3.26. The van der Waals surface area contributed by atoms with Gasteiger partial charge in [0.15, 0.2) is 0 Å². The molecule has 1 aliphatic carbocycles. The number of aryl methyl sites for hydroxylation is 4. The van der Waals surface area contributed by atoms with Gasteiger partial charge in [-0.3, -0.25) is 4.79 Å². The molecule has 0 atom stereocenters. The number of carbonyl (C=O) groups excluding carboxylic acids is 1. The van der Waals surface area contributed by atoms with Gasteiger partial charge < -0.3 is 5.32 Å². The fourth-order valence-electron chi connectivity index (χ4n) is 4.46. The number of benzene rings is 2. The van der Waals surface area contributed by atoms with E-state index in [4.69, 9.17) is 9.97 Å². The lowest BCUT2D eigenvalue weighted by molar-refractivity contribution is -0.118. The number of amides is 1. The molecule has 1 N–H and O–H groups in total. The molecule has 0 unspecified atom stereocenters. The number of aromatic nitrogens is 2. The van der Waals surface area contributed by atoms with Gasteiger partial charge in [0.05, 0.1) is 5.75 Å². The van der Waals surface area contributed by atoms with Crippen LogP contribution in [0.3, 0.4) is 0 Å². The van der Waals surface area contributed by atoms with Crippen LogP contribution in [0.25, 0.3) is 10.2 Å². The van der Waals surface area contributed by atoms with E-state index in [1.807, 2.05) is 35.6 Å². The predicted octanol–water partition coefficient (Wildman–Crippen LogP) is 5.81. The number of nitrogens with one attached hydrogen (secondary N) is 1. The molecule has 6 heteroatoms. The number of nitrogens with zero attached hydrogens (tertiary/aromatic N) is 2. The van der Waals surface area contributed by atoms with E-state index in [1.165, 1.54) is 39.8 Å². The van der Waals surface area contributed by atoms with Crippen LogP contribution in [-0.2, 0) is 36.9 Å². The fourth-order valence-corrected chi connectivity index (χ4v) is 6.71. The van der Waals surface area contributed by atoms with E-state index in [-0.39, 0.29) is 5.91 Å². The summed E-state index contributed by atoms with van der Waals surface area (Å²) in [5, 5.41) is 5.24. The second kappa shape index (κ2) is 11.2. The molecule has 2 aromatic heterocycles. The van der Waals surface area contributed by atoms with Crippen molar-refractivity contribution >= 4 is 39.2 Å². The van der Waals surface area contributed by atoms with Gasteiger partial charge in [-0.1, -0.05) is 72.4 Å². The first-order valence-corrected chi connectivity index (χ1v) is 13.8. The fraction of sp³-hybridized carbons (Fsp3) is 0.321. The lowest BCUT2D eigenvalue weighted by atomic mass is 9.97. The molecule has 2 heterocycles. The molecule has 1 amide bonds. The summed E-state index contributed by atoms with van der Waals surface area (Å²) in [5.74, 6) is 1.31. The van der Waals surface area contributed by atoms with E-state index in [1.54, 1.807) is 11.8 Å². The Labute approximate surface area is 209 Å². The minimum atomic E-state index is 0.0580. The van der Waals surface area contributed by atoms with Crippen molar-refractivity contribution in [3.63, 3.8) is 0 Å². The van der Waals surface area contributed by atoms with Gasteiger partial charge in [0.1, 0.15) is 15.7 Å². The number of fused-ring (bicyclic) bond motifs is 3. The highest BCUT2D eigenvalue weighted by molar-refractivity contribution is 8.00. The molecule has 5 rings (SSSR count). The third kappa shape index (κ3) is 5.68. The summed E-state index contributed by atoms with van der Waals surface area (Å²) in [4.78, 5) is 25.1. The summed E-state index contributed by atoms with van der Waals surface area (Å²) >= 11 is 3.39. The van der Waals surface area contributed by atoms with Gasteiger partial charge in [0.25, 0.3) is 0 Å². The minimum absolute atomic E-state index is 0.0580. The van der Waals surface area contributed by atoms with Crippen molar-refractivity contribution in [1.82, 2.24) is 15.3 Å². The van der Waals surface area contributed by atoms with E-state index >= 15 is 0 Å². The molecule has 4 nitrogen and oxygen atoms in total. The van der Waals surface area contributed by atoms with Gasteiger partial charge in [0, 0.05) is 23.2 Å². The maximum absolute atomic E-state index is 12.6. The van der Waals surface area contributed by atoms with Crippen LogP contribution in [0.15, 0.2) is 65.7 Å². The number of rotatable bonds is 9. The van der Waals surface area contributed by atoms with Crippen LogP contribution in [-0.4, -0.2) is 28.2 Å². The second-order valence-corrected chi connectivity index (χ2v) is 10.7. The SMILES string of the molecule is O=C(CSc1nc(CCc2ccccc2)nc2sc3c(c12)CCCC3)NCCc1ccccc1. The van der Waals surface area contributed by atoms with Gasteiger partial charge in [-0.05, 0) is 55.2 Å². The molecule has 0 radical (unpaired) electrons. The molecule has 0 spiro atoms. The third-order valence-electron chi connectivity index (χ3n) is 6.23. The zero-order chi connectivity index (χ0) is 23.2. The zero-order valence-electron chi connectivity index (χ0n) is 19.3. The van der Waals surface area contributed by atoms with Gasteiger partial charge in [-0.25, -0.2) is 9.97 Å². The predicted molar refractivity (Wildman–Crippen MR) is 142 cm³/mol. The number of thiophene rings is 1. The number of thioether (sulfide) groups is 1. The lowest BCUT2D eigenvalue weighted by Crippen LogP contribution is -2.27. The normalized spacial score (nSPS) is 13.1. The highest BCUT2D eigenvalue weighted by Gasteiger charge is 2.22. The van der Waals surface area contributed by atoms with Crippen molar-refractivity contribution in [1.29, 1.82) is 0 Å². The van der Waals surface area contributed by atoms with E-state index in [9.17, 15) is 4.79 Å². The summed E-state index contributed by atoms with van der Waals surface area (Å²) in [7, 11) is 0. The van der Waals surface area contributed by atoms with Crippen molar-refractivity contribution in [2.75, 3.05) is 12.3 Å². The molecular formula is C28H29N3OS2. The van der Waals surface area contributed by atoms with Crippen molar-refractivity contribution in [3.05, 3.63) is 88.1 Å². The van der Waals surface area contributed by atoms with Gasteiger partial charge >= 0.3 is 0 Å². The Morgan fingerprint density at radius 2 is 1.59 bits per heavy atom. The molecule has 1 aliphatic rings. The molecule has 2 aromatic carbocycles. The molecule has 0 aliphatic heterocycles. The molecule has 0 saturated carbocycles. The molecule has 0 bridgehead atoms. The number of hydrogen-bond acceptors (Lipinski definition) is 5. The van der Waals surface area contributed by atoms with Crippen LogP contribution < -0.4 is 5.32 Å². The first kappa shape index (κ1) is 23.1. The average molecular weight is 488 g/mol. The Balaban J connectivity index is 1.29. The minimum Gasteiger partial charge on any atom is -0.355 e. The van der Waals surface area contributed by atoms with Crippen LogP contribution in [0.5, 0.6) is 0 Å². The summed E-state index contributed by atoms with van der Waals surface area (Å²) in [6.07, 6.45) is 7.27. The van der Waals surface area contributed by atoms with E-state index in [0.717, 1.165) is 47.8 Å². The van der Waals surface area contributed by atoms with Crippen molar-refractivity contribution in [2.24, 2.45) is 0 Å². The smallest absolute Gasteiger partial charge is 0.230 e. The van der Waals surface area contributed by atoms with Crippen LogP contribution >= 0.6 is 23.1 Å². The topological polar surface area (TPSA) is 54.9 Å². The summed E-state index contributed by atoms with van der Waals surface area (Å²) in [5.41, 5.74) is 3.96. The third-order valence-corrected chi connectivity index (χ3v) is 8.39. The van der Waals surface area contributed by atoms with Crippen molar-refractivity contribution in [2.45, 2.75) is 50.0 Å². The summed E-state index contributed by atoms with van der Waals surface area (Å²) in [6, 6.07) is 20.8. The standard InChI is InChI=1S/C28H29N3OS2/c32-25(29-18-17-21-11-5-2-6-12-21)19-33-27-26-22-13-7-8-14-23(22)34-28(26)31-24(30-27)16-15-20-9-3-1-4-10-20/h1-6,9-12H,7-8,13-19H2,(H,29,32). The lowest BCUT2D eigenvalue weighted by Gasteiger charge is -2.12. The molecule has 4 aromatic rings. The van der Waals surface area contributed by atoms with Crippen LogP contribution in [0.4, 0.5) is 0 Å². The summed E-state index contributed by atoms with van der Waals surface area (Å²) in [6.45, 7) is 0.652. The van der Waals surface area contributed by atoms with Gasteiger partial charge in [0.2, 0.25) is 5.91 Å². The molecule has 0 saturated heterocycles. The maximum Gasteiger partial charge on any atom is 0.230 e. The molecule has 34 heavy (non-hydrogen) atoms. The van der Waals surface area contributed by atoms with Crippen LogP contribution in [0, 0.1) is 0 Å². The number of hydrogen-bond donors (Lipinski definition) is 1. The van der Waals surface area contributed by atoms with E-state index < -0.39 is 0 Å². The first-order valence-electron chi connectivity index (χ1n) is 12.0. The molecule has 0 fully saturated rings. The van der Waals surface area contributed by atoms with Gasteiger partial charge in [-0.2, -0.15) is 0 Å². The quantitative estimate of drug-likeness (QED) is 0.239. The zero-order valence-corrected chi connectivity index (χ0v) is 20.9. The highest BCUT2D eigenvalue weighted by atomic mass is 32.2. The van der Waals surface area contributed by atoms with E-state index in [0.29, 0.717) is 12.3 Å². The number of carbonyl (C=O) groups is 1. The monoisotopic (exact) mass is 487 g/mol. The van der Waals surface area contributed by atoms with Crippen LogP contribution in [0.2, 0.25) is 0 Å². The van der Waals surface area contributed by atoms with Gasteiger partial charge in [-0.15, -0.1) is 11.3 Å². The van der Waals surface area contributed by atoms with Crippen molar-refractivity contribution in [3.8, 4) is 0 Å². The Morgan fingerprint density at radius 3 is 2.35 bits per heavy atom. The molecule has 174 valence electrons. The Kier molecular flexibility index (Phi) is 7.56.